The average molecular weight is 355 g/mol. The van der Waals surface area contributed by atoms with Gasteiger partial charge in [-0.2, -0.15) is 4.57 Å². The first-order valence-corrected chi connectivity index (χ1v) is 8.69. The number of aryl methyl sites for hydroxylation is 1. The number of pyridine rings is 1. The van der Waals surface area contributed by atoms with Gasteiger partial charge in [-0.25, -0.2) is 0 Å². The van der Waals surface area contributed by atoms with Crippen molar-refractivity contribution in [2.24, 2.45) is 0 Å². The van der Waals surface area contributed by atoms with Crippen LogP contribution in [0.25, 0.3) is 5.69 Å². The number of aromatic nitrogens is 1. The Balaban J connectivity index is 0.000000269. The van der Waals surface area contributed by atoms with Crippen molar-refractivity contribution in [2.45, 2.75) is 33.3 Å². The van der Waals surface area contributed by atoms with Crippen LogP contribution in [0.4, 0.5) is 0 Å². The number of benzene rings is 2. The van der Waals surface area contributed by atoms with Crippen LogP contribution >= 0.6 is 11.6 Å². The molecule has 0 bridgehead atoms. The van der Waals surface area contributed by atoms with E-state index in [9.17, 15) is 0 Å². The van der Waals surface area contributed by atoms with Crippen LogP contribution in [0.3, 0.4) is 0 Å². The molecule has 0 aliphatic carbocycles. The molecule has 1 aromatic heterocycles. The van der Waals surface area contributed by atoms with Crippen molar-refractivity contribution in [2.75, 3.05) is 0 Å². The van der Waals surface area contributed by atoms with Gasteiger partial charge in [0.1, 0.15) is 11.4 Å². The first-order valence-electron chi connectivity index (χ1n) is 8.31. The molecule has 25 heavy (non-hydrogen) atoms. The fourth-order valence-electron chi connectivity index (χ4n) is 2.15. The highest BCUT2D eigenvalue weighted by atomic mass is 35.5. The van der Waals surface area contributed by atoms with Crippen LogP contribution in [0, 0.1) is 6.92 Å². The van der Waals surface area contributed by atoms with Gasteiger partial charge >= 0.3 is 0 Å². The number of ether oxygens (including phenoxy) is 1. The second kappa shape index (κ2) is 8.68. The zero-order valence-corrected chi connectivity index (χ0v) is 16.0. The highest BCUT2D eigenvalue weighted by Gasteiger charge is 2.12. The summed E-state index contributed by atoms with van der Waals surface area (Å²) in [6, 6.07) is 22.0. The van der Waals surface area contributed by atoms with E-state index in [0.29, 0.717) is 0 Å². The summed E-state index contributed by atoms with van der Waals surface area (Å²) < 4.78 is 7.79. The zero-order chi connectivity index (χ0) is 18.3. The topological polar surface area (TPSA) is 13.1 Å². The minimum atomic E-state index is -0.172. The molecule has 0 spiro atoms. The largest absolute Gasteiger partial charge is 0.488 e. The van der Waals surface area contributed by atoms with Crippen molar-refractivity contribution in [3.05, 3.63) is 89.7 Å². The van der Waals surface area contributed by atoms with Gasteiger partial charge in [0.2, 0.25) is 5.69 Å². The Morgan fingerprint density at radius 3 is 1.80 bits per heavy atom. The molecule has 130 valence electrons. The summed E-state index contributed by atoms with van der Waals surface area (Å²) in [6.45, 7) is 8.19. The maximum absolute atomic E-state index is 5.86. The van der Waals surface area contributed by atoms with E-state index in [1.165, 1.54) is 5.56 Å². The van der Waals surface area contributed by atoms with Gasteiger partial charge in [-0.15, -0.1) is 0 Å². The number of nitrogens with zero attached hydrogens (tertiary/aromatic N) is 1. The predicted octanol–water partition coefficient (Wildman–Crippen LogP) is 5.79. The Morgan fingerprint density at radius 2 is 1.36 bits per heavy atom. The Labute approximate surface area is 155 Å². The summed E-state index contributed by atoms with van der Waals surface area (Å²) in [5.41, 5.74) is 2.23. The summed E-state index contributed by atoms with van der Waals surface area (Å²) in [5, 5.41) is 0.735. The summed E-state index contributed by atoms with van der Waals surface area (Å²) in [5.74, 6) is 0.876. The van der Waals surface area contributed by atoms with Gasteiger partial charge in [-0.1, -0.05) is 47.5 Å². The zero-order valence-electron chi connectivity index (χ0n) is 15.2. The van der Waals surface area contributed by atoms with Gasteiger partial charge in [-0.05, 0) is 39.8 Å². The first-order chi connectivity index (χ1) is 11.8. The molecule has 1 heterocycles. The van der Waals surface area contributed by atoms with Crippen molar-refractivity contribution in [1.29, 1.82) is 0 Å². The van der Waals surface area contributed by atoms with Gasteiger partial charge in [0.05, 0.1) is 5.02 Å². The highest BCUT2D eigenvalue weighted by Crippen LogP contribution is 2.18. The summed E-state index contributed by atoms with van der Waals surface area (Å²) in [4.78, 5) is 0. The van der Waals surface area contributed by atoms with E-state index in [1.54, 1.807) is 0 Å². The van der Waals surface area contributed by atoms with E-state index in [0.717, 1.165) is 16.5 Å². The van der Waals surface area contributed by atoms with Crippen molar-refractivity contribution in [1.82, 2.24) is 0 Å². The van der Waals surface area contributed by atoms with Gasteiger partial charge in [0.15, 0.2) is 12.4 Å². The standard InChI is InChI=1S/C15H17ClNO.C7H8/c1-15(2,3)18-14-6-4-13(5-7-14)17-10-8-12(16)9-11-17;1-7-5-3-2-4-6-7/h4-11H,1-3H3;2-6H,1H3/q+1;. The monoisotopic (exact) mass is 354 g/mol. The molecule has 0 atom stereocenters. The van der Waals surface area contributed by atoms with E-state index >= 15 is 0 Å². The van der Waals surface area contributed by atoms with Crippen molar-refractivity contribution in [3.63, 3.8) is 0 Å². The molecule has 0 fully saturated rings. The normalized spacial score (nSPS) is 10.6. The van der Waals surface area contributed by atoms with Crippen LogP contribution in [0.2, 0.25) is 5.02 Å². The fraction of sp³-hybridized carbons (Fsp3) is 0.227. The van der Waals surface area contributed by atoms with Crippen molar-refractivity contribution >= 4 is 11.6 Å². The Kier molecular flexibility index (Phi) is 6.60. The van der Waals surface area contributed by atoms with E-state index < -0.39 is 0 Å². The third-order valence-electron chi connectivity index (χ3n) is 3.29. The molecule has 0 aliphatic rings. The van der Waals surface area contributed by atoms with Gasteiger partial charge in [0.25, 0.3) is 0 Å². The predicted molar refractivity (Wildman–Crippen MR) is 105 cm³/mol. The lowest BCUT2D eigenvalue weighted by Crippen LogP contribution is -2.29. The second-order valence-corrected chi connectivity index (χ2v) is 7.22. The minimum Gasteiger partial charge on any atom is -0.488 e. The quantitative estimate of drug-likeness (QED) is 0.531. The van der Waals surface area contributed by atoms with Crippen LogP contribution < -0.4 is 9.30 Å². The van der Waals surface area contributed by atoms with Gasteiger partial charge < -0.3 is 4.74 Å². The molecule has 0 N–H and O–H groups in total. The minimum absolute atomic E-state index is 0.172. The molecule has 0 saturated carbocycles. The molecule has 0 amide bonds. The lowest BCUT2D eigenvalue weighted by Gasteiger charge is -2.20. The van der Waals surface area contributed by atoms with Gasteiger partial charge in [-0.3, -0.25) is 0 Å². The number of hydrogen-bond acceptors (Lipinski definition) is 1. The molecule has 0 radical (unpaired) electrons. The molecule has 3 rings (SSSR count). The molecular formula is C22H25ClNO+. The molecule has 0 unspecified atom stereocenters. The highest BCUT2D eigenvalue weighted by molar-refractivity contribution is 6.30. The molecule has 3 heteroatoms. The summed E-state index contributed by atoms with van der Waals surface area (Å²) in [6.07, 6.45) is 3.86. The lowest BCUT2D eigenvalue weighted by atomic mass is 10.2. The second-order valence-electron chi connectivity index (χ2n) is 6.79. The maximum Gasteiger partial charge on any atom is 0.210 e. The van der Waals surface area contributed by atoms with Crippen molar-refractivity contribution < 1.29 is 9.30 Å². The molecular weight excluding hydrogens is 330 g/mol. The number of halogens is 1. The number of rotatable bonds is 2. The fourth-order valence-corrected chi connectivity index (χ4v) is 2.27. The maximum atomic E-state index is 5.86. The third-order valence-corrected chi connectivity index (χ3v) is 3.54. The Hall–Kier alpha value is -2.32. The van der Waals surface area contributed by atoms with E-state index in [2.05, 4.69) is 19.1 Å². The molecule has 2 nitrogen and oxygen atoms in total. The molecule has 0 saturated heterocycles. The van der Waals surface area contributed by atoms with Crippen LogP contribution in [0.15, 0.2) is 79.1 Å². The first kappa shape index (κ1) is 19.0. The van der Waals surface area contributed by atoms with E-state index in [-0.39, 0.29) is 5.60 Å². The third kappa shape index (κ3) is 6.98. The van der Waals surface area contributed by atoms with Crippen molar-refractivity contribution in [3.8, 4) is 11.4 Å². The molecule has 2 aromatic carbocycles. The van der Waals surface area contributed by atoms with Crippen LogP contribution in [0.1, 0.15) is 26.3 Å². The van der Waals surface area contributed by atoms with Crippen LogP contribution in [-0.2, 0) is 0 Å². The average Bonchev–Trinajstić information content (AvgIpc) is 2.56. The van der Waals surface area contributed by atoms with Crippen LogP contribution in [0.5, 0.6) is 5.75 Å². The summed E-state index contributed by atoms with van der Waals surface area (Å²) in [7, 11) is 0. The van der Waals surface area contributed by atoms with E-state index in [1.807, 2.05) is 92.3 Å². The Bertz CT molecular complexity index is 760. The SMILES string of the molecule is CC(C)(C)Oc1ccc(-[n+]2ccc(Cl)cc2)cc1.Cc1ccccc1. The Morgan fingerprint density at radius 1 is 0.800 bits per heavy atom. The van der Waals surface area contributed by atoms with Gasteiger partial charge in [0, 0.05) is 24.3 Å². The molecule has 3 aromatic rings. The lowest BCUT2D eigenvalue weighted by molar-refractivity contribution is -0.595. The number of hydrogen-bond donors (Lipinski definition) is 0. The summed E-state index contributed by atoms with van der Waals surface area (Å²) >= 11 is 5.86. The smallest absolute Gasteiger partial charge is 0.210 e. The van der Waals surface area contributed by atoms with Crippen LogP contribution in [-0.4, -0.2) is 5.60 Å². The van der Waals surface area contributed by atoms with E-state index in [4.69, 9.17) is 16.3 Å². The molecule has 0 aliphatic heterocycles.